The molecule has 0 saturated heterocycles. The Morgan fingerprint density at radius 1 is 1.00 bits per heavy atom. The van der Waals surface area contributed by atoms with Gasteiger partial charge in [0.1, 0.15) is 17.4 Å². The second-order valence-corrected chi connectivity index (χ2v) is 9.29. The summed E-state index contributed by atoms with van der Waals surface area (Å²) in [6, 6.07) is 21.2. The number of rotatable bonds is 9. The normalized spacial score (nSPS) is 10.8. The van der Waals surface area contributed by atoms with Crippen LogP contribution in [0.1, 0.15) is 26.5 Å². The van der Waals surface area contributed by atoms with Crippen LogP contribution in [0.25, 0.3) is 0 Å². The van der Waals surface area contributed by atoms with E-state index in [9.17, 15) is 9.59 Å². The number of amides is 2. The van der Waals surface area contributed by atoms with Gasteiger partial charge in [0.15, 0.2) is 0 Å². The summed E-state index contributed by atoms with van der Waals surface area (Å²) in [5.41, 5.74) is 4.56. The highest BCUT2D eigenvalue weighted by atomic mass is 35.5. The lowest BCUT2D eigenvalue weighted by atomic mass is 10.2. The number of carbonyl (C=O) groups excluding carboxylic acids is 2. The van der Waals surface area contributed by atoms with Crippen molar-refractivity contribution in [2.24, 2.45) is 5.10 Å². The summed E-state index contributed by atoms with van der Waals surface area (Å²) in [7, 11) is 0. The van der Waals surface area contributed by atoms with Crippen LogP contribution in [-0.4, -0.2) is 28.2 Å². The highest BCUT2D eigenvalue weighted by molar-refractivity contribution is 7.15. The van der Waals surface area contributed by atoms with Gasteiger partial charge in [-0.05, 0) is 54.1 Å². The number of ether oxygens (including phenoxy) is 1. The van der Waals surface area contributed by atoms with Gasteiger partial charge in [-0.2, -0.15) is 5.10 Å². The van der Waals surface area contributed by atoms with E-state index in [-0.39, 0.29) is 18.2 Å². The average molecular weight is 540 g/mol. The number of carbonyl (C=O) groups is 2. The Bertz CT molecular complexity index is 1380. The topological polar surface area (TPSA) is 106 Å². The maximum absolute atomic E-state index is 12.2. The molecular weight excluding hydrogens is 521 g/mol. The van der Waals surface area contributed by atoms with Crippen LogP contribution in [0.5, 0.6) is 5.75 Å². The molecule has 3 aromatic carbocycles. The summed E-state index contributed by atoms with van der Waals surface area (Å²) in [6.07, 6.45) is 1.50. The second kappa shape index (κ2) is 12.3. The Morgan fingerprint density at radius 2 is 1.78 bits per heavy atom. The maximum Gasteiger partial charge on any atom is 0.257 e. The molecule has 2 amide bonds. The molecular formula is C25H19Cl2N5O3S. The third kappa shape index (κ3) is 7.35. The molecule has 0 radical (unpaired) electrons. The van der Waals surface area contributed by atoms with E-state index in [1.54, 1.807) is 60.7 Å². The first-order chi connectivity index (χ1) is 17.5. The molecule has 0 unspecified atom stereocenters. The quantitative estimate of drug-likeness (QED) is 0.219. The number of hydrogen-bond donors (Lipinski definition) is 2. The summed E-state index contributed by atoms with van der Waals surface area (Å²) >= 11 is 13.2. The Balaban J connectivity index is 1.22. The van der Waals surface area contributed by atoms with Crippen LogP contribution in [0.15, 0.2) is 77.9 Å². The van der Waals surface area contributed by atoms with Crippen molar-refractivity contribution >= 4 is 57.7 Å². The first-order valence-electron chi connectivity index (χ1n) is 10.6. The molecule has 2 N–H and O–H groups in total. The summed E-state index contributed by atoms with van der Waals surface area (Å²) < 4.78 is 5.75. The minimum Gasteiger partial charge on any atom is -0.489 e. The molecule has 4 aromatic rings. The fraction of sp³-hybridized carbons (Fsp3) is 0.0800. The number of halogens is 2. The summed E-state index contributed by atoms with van der Waals surface area (Å²) in [4.78, 5) is 24.3. The highest BCUT2D eigenvalue weighted by Gasteiger charge is 2.12. The first-order valence-corrected chi connectivity index (χ1v) is 12.2. The number of aromatic nitrogens is 2. The SMILES string of the molecule is O=C(Cc1nnc(NC(=O)c2ccccc2)s1)N/N=C\c1ccc(OCc2ccc(Cl)cc2Cl)cc1. The lowest BCUT2D eigenvalue weighted by Gasteiger charge is -2.08. The Labute approximate surface area is 220 Å². The van der Waals surface area contributed by atoms with Gasteiger partial charge < -0.3 is 4.74 Å². The zero-order chi connectivity index (χ0) is 25.3. The number of anilines is 1. The van der Waals surface area contributed by atoms with E-state index in [1.165, 1.54) is 6.21 Å². The van der Waals surface area contributed by atoms with E-state index in [4.69, 9.17) is 27.9 Å². The van der Waals surface area contributed by atoms with Crippen LogP contribution >= 0.6 is 34.5 Å². The van der Waals surface area contributed by atoms with Gasteiger partial charge >= 0.3 is 0 Å². The molecule has 36 heavy (non-hydrogen) atoms. The molecule has 8 nitrogen and oxygen atoms in total. The van der Waals surface area contributed by atoms with E-state index in [0.717, 1.165) is 22.5 Å². The maximum atomic E-state index is 12.2. The van der Waals surface area contributed by atoms with Gasteiger partial charge in [0.2, 0.25) is 11.0 Å². The first kappa shape index (κ1) is 25.3. The van der Waals surface area contributed by atoms with Crippen molar-refractivity contribution in [2.45, 2.75) is 13.0 Å². The minimum absolute atomic E-state index is 0.0176. The molecule has 0 bridgehead atoms. The van der Waals surface area contributed by atoms with Crippen molar-refractivity contribution in [2.75, 3.05) is 5.32 Å². The number of hydrogen-bond acceptors (Lipinski definition) is 7. The average Bonchev–Trinajstić information content (AvgIpc) is 3.31. The van der Waals surface area contributed by atoms with Gasteiger partial charge in [-0.1, -0.05) is 58.8 Å². The van der Waals surface area contributed by atoms with Crippen molar-refractivity contribution < 1.29 is 14.3 Å². The van der Waals surface area contributed by atoms with Crippen molar-refractivity contribution in [3.8, 4) is 5.75 Å². The van der Waals surface area contributed by atoms with Crippen molar-refractivity contribution in [1.29, 1.82) is 0 Å². The third-order valence-corrected chi connectivity index (χ3v) is 6.15. The van der Waals surface area contributed by atoms with Gasteiger partial charge in [-0.3, -0.25) is 14.9 Å². The molecule has 0 aliphatic rings. The molecule has 0 saturated carbocycles. The van der Waals surface area contributed by atoms with Gasteiger partial charge in [0, 0.05) is 21.2 Å². The minimum atomic E-state index is -0.358. The van der Waals surface area contributed by atoms with E-state index in [2.05, 4.69) is 26.0 Å². The van der Waals surface area contributed by atoms with Crippen LogP contribution in [0.4, 0.5) is 5.13 Å². The molecule has 182 valence electrons. The Hall–Kier alpha value is -3.79. The van der Waals surface area contributed by atoms with Crippen LogP contribution < -0.4 is 15.5 Å². The molecule has 0 fully saturated rings. The third-order valence-electron chi connectivity index (χ3n) is 4.73. The second-order valence-electron chi connectivity index (χ2n) is 7.38. The van der Waals surface area contributed by atoms with Crippen LogP contribution in [0, 0.1) is 0 Å². The van der Waals surface area contributed by atoms with Crippen LogP contribution in [0.2, 0.25) is 10.0 Å². The lowest BCUT2D eigenvalue weighted by molar-refractivity contribution is -0.120. The zero-order valence-electron chi connectivity index (χ0n) is 18.7. The number of benzene rings is 3. The van der Waals surface area contributed by atoms with Crippen molar-refractivity contribution in [3.63, 3.8) is 0 Å². The standard InChI is InChI=1S/C25H19Cl2N5O3S/c26-19-9-8-18(21(27)12-19)15-35-20-10-6-16(7-11-20)14-28-30-22(33)13-23-31-32-25(36-23)29-24(34)17-4-2-1-3-5-17/h1-12,14H,13,15H2,(H,30,33)(H,29,32,34)/b28-14-. The number of nitrogens with zero attached hydrogens (tertiary/aromatic N) is 3. The number of hydrazone groups is 1. The van der Waals surface area contributed by atoms with E-state index < -0.39 is 0 Å². The smallest absolute Gasteiger partial charge is 0.257 e. The van der Waals surface area contributed by atoms with Gasteiger partial charge in [0.25, 0.3) is 5.91 Å². The molecule has 0 atom stereocenters. The zero-order valence-corrected chi connectivity index (χ0v) is 21.0. The molecule has 1 heterocycles. The predicted octanol–water partition coefficient (Wildman–Crippen LogP) is 5.37. The van der Waals surface area contributed by atoms with Gasteiger partial charge in [-0.25, -0.2) is 5.43 Å². The monoisotopic (exact) mass is 539 g/mol. The van der Waals surface area contributed by atoms with E-state index >= 15 is 0 Å². The predicted molar refractivity (Wildman–Crippen MR) is 141 cm³/mol. The Morgan fingerprint density at radius 3 is 2.53 bits per heavy atom. The lowest BCUT2D eigenvalue weighted by Crippen LogP contribution is -2.19. The molecule has 4 rings (SSSR count). The summed E-state index contributed by atoms with van der Waals surface area (Å²) in [5, 5.41) is 16.4. The van der Waals surface area contributed by atoms with Crippen LogP contribution in [0.3, 0.4) is 0 Å². The van der Waals surface area contributed by atoms with Crippen LogP contribution in [-0.2, 0) is 17.8 Å². The molecule has 11 heteroatoms. The highest BCUT2D eigenvalue weighted by Crippen LogP contribution is 2.23. The van der Waals surface area contributed by atoms with E-state index in [1.807, 2.05) is 12.1 Å². The van der Waals surface area contributed by atoms with Crippen molar-refractivity contribution in [1.82, 2.24) is 15.6 Å². The van der Waals surface area contributed by atoms with Gasteiger partial charge in [-0.15, -0.1) is 10.2 Å². The van der Waals surface area contributed by atoms with Crippen molar-refractivity contribution in [3.05, 3.63) is 105 Å². The molecule has 0 aliphatic heterocycles. The van der Waals surface area contributed by atoms with E-state index in [0.29, 0.717) is 38.1 Å². The van der Waals surface area contributed by atoms with Gasteiger partial charge in [0.05, 0.1) is 12.6 Å². The summed E-state index contributed by atoms with van der Waals surface area (Å²) in [5.74, 6) is 0.00862. The fourth-order valence-corrected chi connectivity index (χ4v) is 4.14. The summed E-state index contributed by atoms with van der Waals surface area (Å²) in [6.45, 7) is 0.308. The molecule has 0 aliphatic carbocycles. The number of nitrogens with one attached hydrogen (secondary N) is 2. The fourth-order valence-electron chi connectivity index (χ4n) is 2.94. The molecule has 1 aromatic heterocycles. The Kier molecular flexibility index (Phi) is 8.62. The molecule has 0 spiro atoms. The largest absolute Gasteiger partial charge is 0.489 e.